The van der Waals surface area contributed by atoms with Crippen LogP contribution in [0.1, 0.15) is 59.3 Å². The van der Waals surface area contributed by atoms with Crippen molar-refractivity contribution in [1.29, 1.82) is 0 Å². The second-order valence-corrected chi connectivity index (χ2v) is 6.17. The van der Waals surface area contributed by atoms with E-state index in [9.17, 15) is 4.79 Å². The Labute approximate surface area is 104 Å². The molecule has 2 heteroatoms. The van der Waals surface area contributed by atoms with Gasteiger partial charge in [-0.25, -0.2) is 0 Å². The molecular formula is C15H24O2. The Balaban J connectivity index is 1.98. The number of allylic oxidation sites excluding steroid dienone is 2. The van der Waals surface area contributed by atoms with Gasteiger partial charge in [-0.3, -0.25) is 4.79 Å². The Kier molecular flexibility index (Phi) is 3.33. The van der Waals surface area contributed by atoms with E-state index in [1.54, 1.807) is 0 Å². The Hall–Kier alpha value is -0.790. The van der Waals surface area contributed by atoms with E-state index in [1.807, 2.05) is 20.8 Å². The molecule has 0 aromatic rings. The van der Waals surface area contributed by atoms with Gasteiger partial charge in [0.25, 0.3) is 0 Å². The SMILES string of the molecule is CCC(C)(C)C(=O)OC1(C2CC=CCC2)CC1. The van der Waals surface area contributed by atoms with Gasteiger partial charge in [-0.1, -0.05) is 19.1 Å². The number of hydrogen-bond donors (Lipinski definition) is 0. The first-order valence-electron chi connectivity index (χ1n) is 6.89. The summed E-state index contributed by atoms with van der Waals surface area (Å²) in [4.78, 5) is 12.2. The molecule has 1 saturated carbocycles. The van der Waals surface area contributed by atoms with Gasteiger partial charge in [-0.15, -0.1) is 0 Å². The van der Waals surface area contributed by atoms with Crippen molar-refractivity contribution in [3.8, 4) is 0 Å². The molecule has 0 spiro atoms. The first-order chi connectivity index (χ1) is 8.00. The molecule has 1 fully saturated rings. The number of ether oxygens (including phenoxy) is 1. The van der Waals surface area contributed by atoms with Gasteiger partial charge in [0.1, 0.15) is 5.60 Å². The van der Waals surface area contributed by atoms with Gasteiger partial charge in [-0.2, -0.15) is 0 Å². The molecule has 2 aliphatic rings. The van der Waals surface area contributed by atoms with Crippen molar-refractivity contribution in [2.24, 2.45) is 11.3 Å². The number of esters is 1. The highest BCUT2D eigenvalue weighted by atomic mass is 16.6. The predicted octanol–water partition coefficient (Wildman–Crippen LogP) is 3.85. The molecule has 1 atom stereocenters. The maximum atomic E-state index is 12.2. The molecular weight excluding hydrogens is 212 g/mol. The maximum absolute atomic E-state index is 12.2. The van der Waals surface area contributed by atoms with Crippen molar-refractivity contribution in [2.75, 3.05) is 0 Å². The minimum absolute atomic E-state index is 0.00736. The van der Waals surface area contributed by atoms with Crippen molar-refractivity contribution in [2.45, 2.75) is 64.9 Å². The summed E-state index contributed by atoms with van der Waals surface area (Å²) in [6, 6.07) is 0. The third-order valence-electron chi connectivity index (χ3n) is 4.49. The van der Waals surface area contributed by atoms with Crippen molar-refractivity contribution >= 4 is 5.97 Å². The van der Waals surface area contributed by atoms with Crippen LogP contribution in [0, 0.1) is 11.3 Å². The van der Waals surface area contributed by atoms with Crippen LogP contribution in [0.25, 0.3) is 0 Å². The van der Waals surface area contributed by atoms with Crippen molar-refractivity contribution < 1.29 is 9.53 Å². The lowest BCUT2D eigenvalue weighted by Crippen LogP contribution is -2.35. The Morgan fingerprint density at radius 1 is 1.41 bits per heavy atom. The monoisotopic (exact) mass is 236 g/mol. The molecule has 0 heterocycles. The Morgan fingerprint density at radius 3 is 2.59 bits per heavy atom. The topological polar surface area (TPSA) is 26.3 Å². The third kappa shape index (κ3) is 2.56. The van der Waals surface area contributed by atoms with Crippen LogP contribution in [0.3, 0.4) is 0 Å². The van der Waals surface area contributed by atoms with Gasteiger partial charge in [-0.05, 0) is 52.4 Å². The van der Waals surface area contributed by atoms with Gasteiger partial charge in [0.15, 0.2) is 0 Å². The molecule has 0 aliphatic heterocycles. The summed E-state index contributed by atoms with van der Waals surface area (Å²) in [6.07, 6.45) is 10.9. The van der Waals surface area contributed by atoms with Crippen molar-refractivity contribution in [1.82, 2.24) is 0 Å². The van der Waals surface area contributed by atoms with Crippen molar-refractivity contribution in [3.63, 3.8) is 0 Å². The number of carbonyl (C=O) groups is 1. The molecule has 2 aliphatic carbocycles. The summed E-state index contributed by atoms with van der Waals surface area (Å²) in [5.41, 5.74) is -0.436. The molecule has 2 nitrogen and oxygen atoms in total. The molecule has 2 rings (SSSR count). The zero-order chi connectivity index (χ0) is 12.5. The van der Waals surface area contributed by atoms with Gasteiger partial charge in [0, 0.05) is 5.92 Å². The molecule has 17 heavy (non-hydrogen) atoms. The van der Waals surface area contributed by atoms with Crippen LogP contribution in [0.5, 0.6) is 0 Å². The fourth-order valence-corrected chi connectivity index (χ4v) is 2.46. The fourth-order valence-electron chi connectivity index (χ4n) is 2.46. The minimum Gasteiger partial charge on any atom is -0.458 e. The van der Waals surface area contributed by atoms with E-state index in [1.165, 1.54) is 6.42 Å². The van der Waals surface area contributed by atoms with E-state index < -0.39 is 0 Å². The second-order valence-electron chi connectivity index (χ2n) is 6.17. The Bertz CT molecular complexity index is 324. The minimum atomic E-state index is -0.333. The van der Waals surface area contributed by atoms with Gasteiger partial charge in [0.2, 0.25) is 0 Å². The molecule has 0 bridgehead atoms. The first-order valence-corrected chi connectivity index (χ1v) is 6.89. The van der Waals surface area contributed by atoms with E-state index in [0.717, 1.165) is 32.1 Å². The van der Waals surface area contributed by atoms with E-state index in [0.29, 0.717) is 5.92 Å². The lowest BCUT2D eigenvalue weighted by molar-refractivity contribution is -0.165. The van der Waals surface area contributed by atoms with E-state index >= 15 is 0 Å². The highest BCUT2D eigenvalue weighted by Crippen LogP contribution is 2.51. The predicted molar refractivity (Wildman–Crippen MR) is 68.6 cm³/mol. The van der Waals surface area contributed by atoms with Crippen LogP contribution in [-0.2, 0) is 9.53 Å². The highest BCUT2D eigenvalue weighted by Gasteiger charge is 2.53. The molecule has 0 aromatic heterocycles. The van der Waals surface area contributed by atoms with Crippen LogP contribution in [0.4, 0.5) is 0 Å². The van der Waals surface area contributed by atoms with E-state index in [2.05, 4.69) is 12.2 Å². The largest absolute Gasteiger partial charge is 0.458 e. The molecule has 0 N–H and O–H groups in total. The summed E-state index contributed by atoms with van der Waals surface area (Å²) in [5.74, 6) is 0.552. The zero-order valence-corrected chi connectivity index (χ0v) is 11.3. The van der Waals surface area contributed by atoms with E-state index in [4.69, 9.17) is 4.74 Å². The van der Waals surface area contributed by atoms with E-state index in [-0.39, 0.29) is 17.0 Å². The average Bonchev–Trinajstić information content (AvgIpc) is 3.11. The molecule has 0 amide bonds. The Morgan fingerprint density at radius 2 is 2.12 bits per heavy atom. The average molecular weight is 236 g/mol. The van der Waals surface area contributed by atoms with Crippen LogP contribution in [-0.4, -0.2) is 11.6 Å². The van der Waals surface area contributed by atoms with Gasteiger partial charge >= 0.3 is 5.97 Å². The summed E-state index contributed by atoms with van der Waals surface area (Å²) in [6.45, 7) is 6.00. The van der Waals surface area contributed by atoms with Crippen molar-refractivity contribution in [3.05, 3.63) is 12.2 Å². The van der Waals surface area contributed by atoms with Gasteiger partial charge in [0.05, 0.1) is 5.41 Å². The molecule has 0 radical (unpaired) electrons. The summed E-state index contributed by atoms with van der Waals surface area (Å²) >= 11 is 0. The first kappa shape index (κ1) is 12.7. The second kappa shape index (κ2) is 4.47. The zero-order valence-electron chi connectivity index (χ0n) is 11.3. The van der Waals surface area contributed by atoms with Crippen LogP contribution < -0.4 is 0 Å². The number of hydrogen-bond acceptors (Lipinski definition) is 2. The summed E-state index contributed by atoms with van der Waals surface area (Å²) < 4.78 is 5.87. The van der Waals surface area contributed by atoms with Crippen LogP contribution in [0.2, 0.25) is 0 Å². The smallest absolute Gasteiger partial charge is 0.312 e. The molecule has 0 saturated heterocycles. The lowest BCUT2D eigenvalue weighted by Gasteiger charge is -2.31. The van der Waals surface area contributed by atoms with Crippen LogP contribution >= 0.6 is 0 Å². The molecule has 96 valence electrons. The number of carbonyl (C=O) groups excluding carboxylic acids is 1. The fraction of sp³-hybridized carbons (Fsp3) is 0.800. The quantitative estimate of drug-likeness (QED) is 0.547. The third-order valence-corrected chi connectivity index (χ3v) is 4.49. The highest BCUT2D eigenvalue weighted by molar-refractivity contribution is 5.76. The lowest BCUT2D eigenvalue weighted by atomic mass is 9.86. The number of rotatable bonds is 4. The molecule has 1 unspecified atom stereocenters. The normalized spacial score (nSPS) is 26.6. The summed E-state index contributed by atoms with van der Waals surface area (Å²) in [5, 5.41) is 0. The van der Waals surface area contributed by atoms with Gasteiger partial charge < -0.3 is 4.74 Å². The standard InChI is InChI=1S/C15H24O2/c1-4-14(2,3)13(16)17-15(10-11-15)12-8-6-5-7-9-12/h5-6,12H,4,7-11H2,1-3H3. The van der Waals surface area contributed by atoms with Crippen LogP contribution in [0.15, 0.2) is 12.2 Å². The summed E-state index contributed by atoms with van der Waals surface area (Å²) in [7, 11) is 0. The maximum Gasteiger partial charge on any atom is 0.312 e. The molecule has 0 aromatic carbocycles.